The molecule has 15 nitrogen and oxygen atoms in total. The lowest BCUT2D eigenvalue weighted by molar-refractivity contribution is -0.571. The highest BCUT2D eigenvalue weighted by Gasteiger charge is 2.69. The molecular weight excluding hydrogens is 791 g/mol. The second-order valence-corrected chi connectivity index (χ2v) is 19.7. The number of fused-ring (bicyclic) bond motifs is 2. The van der Waals surface area contributed by atoms with Gasteiger partial charge in [0.05, 0.1) is 34.9 Å². The number of nitrogens with zero attached hydrogens (tertiary/aromatic N) is 2. The number of likely N-dealkylation sites (tertiary alicyclic amines) is 1. The average molecular weight is 854 g/mol. The molecule has 1 saturated carbocycles. The predicted molar refractivity (Wildman–Crippen MR) is 222 cm³/mol. The number of nitrogens with one attached hydrogen (secondary N) is 3. The Morgan fingerprint density at radius 3 is 2.55 bits per heavy atom. The molecule has 6 heterocycles. The summed E-state index contributed by atoms with van der Waals surface area (Å²) in [7, 11) is 0. The summed E-state index contributed by atoms with van der Waals surface area (Å²) in [5.74, 6) is -0.892. The first-order chi connectivity index (χ1) is 28.5. The van der Waals surface area contributed by atoms with Crippen molar-refractivity contribution >= 4 is 35.2 Å². The molecule has 1 unspecified atom stereocenters. The largest absolute Gasteiger partial charge is 0.450 e. The van der Waals surface area contributed by atoms with Crippen LogP contribution in [0.5, 0.6) is 0 Å². The van der Waals surface area contributed by atoms with Gasteiger partial charge >= 0.3 is 6.09 Å². The Morgan fingerprint density at radius 2 is 1.83 bits per heavy atom. The number of hydrogen-bond acceptors (Lipinski definition) is 12. The lowest BCUT2D eigenvalue weighted by Crippen LogP contribution is -2.70. The van der Waals surface area contributed by atoms with Gasteiger partial charge in [-0.05, 0) is 80.2 Å². The normalized spacial score (nSPS) is 32.7. The van der Waals surface area contributed by atoms with Gasteiger partial charge < -0.3 is 40.2 Å². The van der Waals surface area contributed by atoms with Crippen LogP contribution in [-0.2, 0) is 44.9 Å². The van der Waals surface area contributed by atoms with Gasteiger partial charge in [0.2, 0.25) is 23.5 Å². The van der Waals surface area contributed by atoms with Crippen LogP contribution in [0.25, 0.3) is 10.4 Å². The number of aryl methyl sites for hydroxylation is 1. The molecule has 6 fully saturated rings. The Hall–Kier alpha value is -3.67. The van der Waals surface area contributed by atoms with E-state index in [1.54, 1.807) is 11.3 Å². The maximum absolute atomic E-state index is 14.0. The number of alkyl carbamates (subject to hydrolysis) is 1. The maximum atomic E-state index is 14.0. The molecule has 16 heteroatoms. The highest BCUT2D eigenvalue weighted by atomic mass is 32.1. The zero-order valence-corrected chi connectivity index (χ0v) is 36.8. The summed E-state index contributed by atoms with van der Waals surface area (Å²) in [6, 6.07) is 5.97. The van der Waals surface area contributed by atoms with Crippen LogP contribution in [-0.4, -0.2) is 100 Å². The van der Waals surface area contributed by atoms with Gasteiger partial charge in [-0.25, -0.2) is 19.6 Å². The molecule has 4 N–H and O–H groups in total. The van der Waals surface area contributed by atoms with Crippen LogP contribution in [0.3, 0.4) is 0 Å². The molecule has 1 aliphatic carbocycles. The molecule has 2 bridgehead atoms. The van der Waals surface area contributed by atoms with Gasteiger partial charge in [-0.3, -0.25) is 14.4 Å². The fourth-order valence-electron chi connectivity index (χ4n) is 10.1. The first-order valence-corrected chi connectivity index (χ1v) is 22.5. The summed E-state index contributed by atoms with van der Waals surface area (Å²) >= 11 is 1.57. The summed E-state index contributed by atoms with van der Waals surface area (Å²) in [5, 5.41) is 19.0. The quantitative estimate of drug-likeness (QED) is 0.150. The van der Waals surface area contributed by atoms with Gasteiger partial charge in [0.1, 0.15) is 12.1 Å². The number of rotatable bonds is 13. The van der Waals surface area contributed by atoms with E-state index < -0.39 is 59.2 Å². The smallest absolute Gasteiger partial charge is 0.407 e. The van der Waals surface area contributed by atoms with Crippen LogP contribution < -0.4 is 16.0 Å². The number of aliphatic hydroxyl groups is 1. The molecule has 0 radical (unpaired) electrons. The summed E-state index contributed by atoms with van der Waals surface area (Å²) in [4.78, 5) is 72.1. The number of aliphatic hydroxyl groups excluding tert-OH is 1. The third kappa shape index (κ3) is 9.24. The van der Waals surface area contributed by atoms with Crippen molar-refractivity contribution in [1.82, 2.24) is 25.8 Å². The lowest BCUT2D eigenvalue weighted by Gasteiger charge is -2.60. The van der Waals surface area contributed by atoms with E-state index in [2.05, 4.69) is 34.8 Å². The number of benzene rings is 1. The molecule has 11 atom stereocenters. The summed E-state index contributed by atoms with van der Waals surface area (Å²) < 4.78 is 18.5. The molecule has 6 aliphatic rings. The summed E-state index contributed by atoms with van der Waals surface area (Å²) in [6.45, 7) is 14.3. The number of carbonyl (C=O) groups is 4. The van der Waals surface area contributed by atoms with Crippen LogP contribution in [0.2, 0.25) is 0 Å². The van der Waals surface area contributed by atoms with Gasteiger partial charge in [0.15, 0.2) is 11.9 Å². The van der Waals surface area contributed by atoms with Crippen LogP contribution >= 0.6 is 11.3 Å². The number of ether oxygens (including phenoxy) is 3. The standard InChI is InChI=1S/C44H63N5O10S/c1-25-10-15-32-26(2)34(56-40-44(32)31(25)16-18-43(7,57-40)58-59-44)9-8-20-55-41(54)45-19-17-35(51)48-37(42(4,5)6)39(53)49-23-30(50)21-33(49)38(52)46-22-28-11-13-29(14-12-28)36-27(3)47-24-60-36/h11-14,24-26,30-34,37,40,50H,8-10,15-23H2,1-7H3,(H,45,54)(H,46,52)(H,48,51)/t25-,26-,30-,31+,32+,33+,34-,37-,40-,43?,44-/m1/s1. The highest BCUT2D eigenvalue weighted by molar-refractivity contribution is 7.13. The first kappa shape index (κ1) is 44.4. The summed E-state index contributed by atoms with van der Waals surface area (Å²) in [5.41, 5.74) is 3.38. The Balaban J connectivity index is 0.844. The van der Waals surface area contributed by atoms with Crippen LogP contribution in [0.15, 0.2) is 29.8 Å². The fraction of sp³-hybridized carbons (Fsp3) is 0.705. The number of hydrogen-bond donors (Lipinski definition) is 4. The van der Waals surface area contributed by atoms with Crippen molar-refractivity contribution in [3.05, 3.63) is 41.0 Å². The predicted octanol–water partition coefficient (Wildman–Crippen LogP) is 5.37. The zero-order valence-electron chi connectivity index (χ0n) is 36.0. The second kappa shape index (κ2) is 18.0. The molecule has 5 saturated heterocycles. The van der Waals surface area contributed by atoms with Gasteiger partial charge in [0, 0.05) is 44.8 Å². The van der Waals surface area contributed by atoms with E-state index in [1.807, 2.05) is 64.4 Å². The Morgan fingerprint density at radius 1 is 1.07 bits per heavy atom. The van der Waals surface area contributed by atoms with Gasteiger partial charge in [0.25, 0.3) is 0 Å². The Labute approximate surface area is 356 Å². The Kier molecular flexibility index (Phi) is 13.3. The third-order valence-corrected chi connectivity index (χ3v) is 14.5. The minimum absolute atomic E-state index is 0.0000393. The van der Waals surface area contributed by atoms with E-state index in [1.165, 1.54) is 4.90 Å². The molecular formula is C44H63N5O10S. The third-order valence-electron chi connectivity index (χ3n) is 13.5. The molecule has 330 valence electrons. The molecule has 1 spiro atoms. The van der Waals surface area contributed by atoms with Crippen LogP contribution in [0, 0.1) is 36.0 Å². The molecule has 1 aromatic heterocycles. The van der Waals surface area contributed by atoms with E-state index in [0.29, 0.717) is 24.7 Å². The topological polar surface area (TPSA) is 187 Å². The molecule has 1 aromatic carbocycles. The zero-order chi connectivity index (χ0) is 43.0. The van der Waals surface area contributed by atoms with E-state index in [9.17, 15) is 24.3 Å². The van der Waals surface area contributed by atoms with Crippen molar-refractivity contribution in [1.29, 1.82) is 0 Å². The molecule has 2 aromatic rings. The number of β-amino-alcohol motifs (C(OH)–C–C–N with tert-alkyl or cyclic N) is 1. The van der Waals surface area contributed by atoms with Crippen molar-refractivity contribution < 1.29 is 48.3 Å². The molecule has 8 rings (SSSR count). The minimum atomic E-state index is -0.983. The van der Waals surface area contributed by atoms with Gasteiger partial charge in [-0.1, -0.05) is 58.9 Å². The number of thiazole rings is 1. The molecule has 4 amide bonds. The first-order valence-electron chi connectivity index (χ1n) is 21.6. The van der Waals surface area contributed by atoms with Crippen LogP contribution in [0.4, 0.5) is 4.79 Å². The van der Waals surface area contributed by atoms with Crippen LogP contribution in [0.1, 0.15) is 104 Å². The number of amides is 4. The Bertz CT molecular complexity index is 1870. The SMILES string of the molecule is Cc1ncsc1-c1ccc(CNC(=O)[C@@H]2C[C@@H](O)CN2C(=O)[C@@H](NC(=O)CCNC(=O)OCCC[C@H]2O[C@@H]3OC4(C)CC[C@H]5[C@H](C)CC[C@@H]([C@H]2C)[C@@]35OO4)C(C)(C)C)cc1. The van der Waals surface area contributed by atoms with E-state index >= 15 is 0 Å². The van der Waals surface area contributed by atoms with E-state index in [0.717, 1.165) is 47.4 Å². The average Bonchev–Trinajstić information content (AvgIpc) is 3.74. The van der Waals surface area contributed by atoms with Crippen molar-refractivity contribution in [3.8, 4) is 10.4 Å². The lowest BCUT2D eigenvalue weighted by atomic mass is 9.57. The van der Waals surface area contributed by atoms with Gasteiger partial charge in [-0.2, -0.15) is 0 Å². The molecule has 5 aliphatic heterocycles. The monoisotopic (exact) mass is 853 g/mol. The van der Waals surface area contributed by atoms with Crippen molar-refractivity contribution in [2.45, 2.75) is 148 Å². The molecule has 60 heavy (non-hydrogen) atoms. The van der Waals surface area contributed by atoms with E-state index in [-0.39, 0.29) is 62.9 Å². The fourth-order valence-corrected chi connectivity index (χ4v) is 10.9. The van der Waals surface area contributed by atoms with Gasteiger partial charge in [-0.15, -0.1) is 11.3 Å². The highest BCUT2D eigenvalue weighted by Crippen LogP contribution is 2.60. The maximum Gasteiger partial charge on any atom is 0.407 e. The number of carbonyl (C=O) groups excluding carboxylic acids is 4. The van der Waals surface area contributed by atoms with Crippen molar-refractivity contribution in [2.24, 2.45) is 29.1 Å². The van der Waals surface area contributed by atoms with Crippen molar-refractivity contribution in [2.75, 3.05) is 19.7 Å². The second-order valence-electron chi connectivity index (χ2n) is 18.8. The minimum Gasteiger partial charge on any atom is -0.450 e. The van der Waals surface area contributed by atoms with E-state index in [4.69, 9.17) is 24.0 Å². The summed E-state index contributed by atoms with van der Waals surface area (Å²) in [6.07, 6.45) is 3.02. The van der Waals surface area contributed by atoms with Crippen molar-refractivity contribution in [3.63, 3.8) is 0 Å². The number of aromatic nitrogens is 1.